The lowest BCUT2D eigenvalue weighted by molar-refractivity contribution is 0.276. The molecule has 2 aromatic heterocycles. The molecule has 0 atom stereocenters. The summed E-state index contributed by atoms with van der Waals surface area (Å²) >= 11 is 3.58. The van der Waals surface area contributed by atoms with Gasteiger partial charge in [0.2, 0.25) is 0 Å². The molecule has 1 aliphatic rings. The highest BCUT2D eigenvalue weighted by molar-refractivity contribution is 7.99. The number of thiazole rings is 1. The van der Waals surface area contributed by atoms with Gasteiger partial charge in [-0.05, 0) is 19.1 Å². The average Bonchev–Trinajstić information content (AvgIpc) is 2.98. The Labute approximate surface area is 115 Å². The molecule has 0 aliphatic carbocycles. The summed E-state index contributed by atoms with van der Waals surface area (Å²) in [6.45, 7) is 2.14. The van der Waals surface area contributed by atoms with Gasteiger partial charge >= 0.3 is 0 Å². The standard InChI is InChI=1S/C12H17N3OS2/c1-17-9-2-4-14(5-3-9)11-10(8-16)15-6-7-18-12(15)13-11/h6-7,9,16H,2-5,8H2,1H3. The molecule has 3 rings (SSSR count). The Morgan fingerprint density at radius 2 is 2.28 bits per heavy atom. The molecule has 98 valence electrons. The predicted octanol–water partition coefficient (Wildman–Crippen LogP) is 2.22. The van der Waals surface area contributed by atoms with E-state index in [1.165, 1.54) is 12.8 Å². The minimum absolute atomic E-state index is 0.0513. The third-order valence-corrected chi connectivity index (χ3v) is 5.46. The van der Waals surface area contributed by atoms with Gasteiger partial charge < -0.3 is 10.0 Å². The van der Waals surface area contributed by atoms with Crippen LogP contribution in [0.2, 0.25) is 0 Å². The summed E-state index contributed by atoms with van der Waals surface area (Å²) in [5.74, 6) is 0.976. The van der Waals surface area contributed by atoms with Crippen molar-refractivity contribution in [1.29, 1.82) is 0 Å². The summed E-state index contributed by atoms with van der Waals surface area (Å²) in [5.41, 5.74) is 0.925. The van der Waals surface area contributed by atoms with Crippen molar-refractivity contribution in [2.45, 2.75) is 24.7 Å². The second kappa shape index (κ2) is 5.11. The van der Waals surface area contributed by atoms with Crippen LogP contribution in [0.25, 0.3) is 4.96 Å². The van der Waals surface area contributed by atoms with Crippen LogP contribution in [0.3, 0.4) is 0 Å². The summed E-state index contributed by atoms with van der Waals surface area (Å²) < 4.78 is 2.00. The van der Waals surface area contributed by atoms with Crippen LogP contribution >= 0.6 is 23.1 Å². The highest BCUT2D eigenvalue weighted by Gasteiger charge is 2.23. The number of anilines is 1. The first-order valence-electron chi connectivity index (χ1n) is 6.16. The maximum absolute atomic E-state index is 9.57. The van der Waals surface area contributed by atoms with Crippen LogP contribution in [0.5, 0.6) is 0 Å². The van der Waals surface area contributed by atoms with Crippen molar-refractivity contribution in [2.24, 2.45) is 0 Å². The van der Waals surface area contributed by atoms with Gasteiger partial charge in [-0.25, -0.2) is 4.98 Å². The molecule has 0 radical (unpaired) electrons. The molecule has 1 N–H and O–H groups in total. The largest absolute Gasteiger partial charge is 0.390 e. The Morgan fingerprint density at radius 1 is 1.50 bits per heavy atom. The average molecular weight is 283 g/mol. The number of hydrogen-bond acceptors (Lipinski definition) is 5. The third kappa shape index (κ3) is 2.02. The van der Waals surface area contributed by atoms with Crippen molar-refractivity contribution in [2.75, 3.05) is 24.2 Å². The summed E-state index contributed by atoms with van der Waals surface area (Å²) in [6, 6.07) is 0. The van der Waals surface area contributed by atoms with Gasteiger partial charge in [-0.2, -0.15) is 11.8 Å². The zero-order valence-corrected chi connectivity index (χ0v) is 12.0. The number of fused-ring (bicyclic) bond motifs is 1. The molecule has 0 saturated carbocycles. The van der Waals surface area contributed by atoms with E-state index in [0.29, 0.717) is 0 Å². The molecular formula is C12H17N3OS2. The van der Waals surface area contributed by atoms with E-state index in [4.69, 9.17) is 0 Å². The molecule has 18 heavy (non-hydrogen) atoms. The lowest BCUT2D eigenvalue weighted by Crippen LogP contribution is -2.35. The summed E-state index contributed by atoms with van der Waals surface area (Å²) in [7, 11) is 0. The Balaban J connectivity index is 1.87. The number of imidazole rings is 1. The van der Waals surface area contributed by atoms with Gasteiger partial charge in [0.25, 0.3) is 0 Å². The molecule has 1 aliphatic heterocycles. The third-order valence-electron chi connectivity index (χ3n) is 3.56. The zero-order valence-electron chi connectivity index (χ0n) is 10.4. The molecule has 0 spiro atoms. The Morgan fingerprint density at radius 3 is 2.94 bits per heavy atom. The highest BCUT2D eigenvalue weighted by Crippen LogP contribution is 2.29. The van der Waals surface area contributed by atoms with Gasteiger partial charge in [0.1, 0.15) is 0 Å². The lowest BCUT2D eigenvalue weighted by Gasteiger charge is -2.31. The number of hydrogen-bond donors (Lipinski definition) is 1. The Bertz CT molecular complexity index is 528. The van der Waals surface area contributed by atoms with Crippen molar-refractivity contribution in [1.82, 2.24) is 9.38 Å². The van der Waals surface area contributed by atoms with E-state index in [2.05, 4.69) is 16.1 Å². The van der Waals surface area contributed by atoms with Crippen LogP contribution in [0.1, 0.15) is 18.5 Å². The SMILES string of the molecule is CSC1CCN(c2nc3sccn3c2CO)CC1. The highest BCUT2D eigenvalue weighted by atomic mass is 32.2. The number of piperidine rings is 1. The maximum atomic E-state index is 9.57. The van der Waals surface area contributed by atoms with Crippen molar-refractivity contribution < 1.29 is 5.11 Å². The summed E-state index contributed by atoms with van der Waals surface area (Å²) in [6.07, 6.45) is 6.58. The van der Waals surface area contributed by atoms with Gasteiger partial charge in [0.05, 0.1) is 12.3 Å². The molecule has 4 nitrogen and oxygen atoms in total. The molecule has 6 heteroatoms. The quantitative estimate of drug-likeness (QED) is 0.938. The molecule has 1 fully saturated rings. The van der Waals surface area contributed by atoms with Gasteiger partial charge in [0.15, 0.2) is 10.8 Å². The molecule has 0 unspecified atom stereocenters. The number of aromatic nitrogens is 2. The smallest absolute Gasteiger partial charge is 0.195 e. The van der Waals surface area contributed by atoms with Crippen LogP contribution in [0.15, 0.2) is 11.6 Å². The number of nitrogens with zero attached hydrogens (tertiary/aromatic N) is 3. The molecule has 1 saturated heterocycles. The van der Waals surface area contributed by atoms with E-state index in [0.717, 1.165) is 34.8 Å². The normalized spacial score (nSPS) is 17.8. The van der Waals surface area contributed by atoms with Crippen LogP contribution in [-0.2, 0) is 6.61 Å². The van der Waals surface area contributed by atoms with E-state index in [1.54, 1.807) is 11.3 Å². The first kappa shape index (κ1) is 12.3. The first-order valence-corrected chi connectivity index (χ1v) is 8.33. The number of aliphatic hydroxyl groups excluding tert-OH is 1. The second-order valence-electron chi connectivity index (χ2n) is 4.52. The van der Waals surface area contributed by atoms with E-state index in [-0.39, 0.29) is 6.61 Å². The van der Waals surface area contributed by atoms with Crippen molar-refractivity contribution >= 4 is 33.9 Å². The van der Waals surface area contributed by atoms with E-state index < -0.39 is 0 Å². The number of aliphatic hydroxyl groups is 1. The fourth-order valence-corrected chi connectivity index (χ4v) is 3.93. The summed E-state index contributed by atoms with van der Waals surface area (Å²) in [5, 5.41) is 12.4. The van der Waals surface area contributed by atoms with E-state index in [9.17, 15) is 5.11 Å². The first-order chi connectivity index (χ1) is 8.83. The fourth-order valence-electron chi connectivity index (χ4n) is 2.52. The molecular weight excluding hydrogens is 266 g/mol. The van der Waals surface area contributed by atoms with Crippen molar-refractivity contribution in [3.8, 4) is 0 Å². The van der Waals surface area contributed by atoms with Gasteiger partial charge in [-0.15, -0.1) is 11.3 Å². The van der Waals surface area contributed by atoms with Crippen molar-refractivity contribution in [3.05, 3.63) is 17.3 Å². The number of thioether (sulfide) groups is 1. The molecule has 2 aromatic rings. The maximum Gasteiger partial charge on any atom is 0.195 e. The molecule has 0 aromatic carbocycles. The predicted molar refractivity (Wildman–Crippen MR) is 77.7 cm³/mol. The van der Waals surface area contributed by atoms with Gasteiger partial charge in [-0.1, -0.05) is 0 Å². The van der Waals surface area contributed by atoms with Crippen LogP contribution in [0.4, 0.5) is 5.82 Å². The summed E-state index contributed by atoms with van der Waals surface area (Å²) in [4.78, 5) is 7.95. The van der Waals surface area contributed by atoms with Gasteiger partial charge in [0, 0.05) is 29.9 Å². The molecule has 0 bridgehead atoms. The Kier molecular flexibility index (Phi) is 3.50. The van der Waals surface area contributed by atoms with Crippen LogP contribution in [0, 0.1) is 0 Å². The monoisotopic (exact) mass is 283 g/mol. The van der Waals surface area contributed by atoms with Gasteiger partial charge in [-0.3, -0.25) is 4.40 Å². The molecule has 0 amide bonds. The fraction of sp³-hybridized carbons (Fsp3) is 0.583. The number of rotatable bonds is 3. The van der Waals surface area contributed by atoms with Crippen LogP contribution in [-0.4, -0.2) is 39.1 Å². The lowest BCUT2D eigenvalue weighted by atomic mass is 10.1. The minimum Gasteiger partial charge on any atom is -0.390 e. The second-order valence-corrected chi connectivity index (χ2v) is 6.53. The van der Waals surface area contributed by atoms with Crippen LogP contribution < -0.4 is 4.90 Å². The van der Waals surface area contributed by atoms with Crippen molar-refractivity contribution in [3.63, 3.8) is 0 Å². The topological polar surface area (TPSA) is 40.8 Å². The zero-order chi connectivity index (χ0) is 12.5. The van der Waals surface area contributed by atoms with E-state index in [1.807, 2.05) is 27.7 Å². The Hall–Kier alpha value is -0.720. The van der Waals surface area contributed by atoms with E-state index >= 15 is 0 Å². The molecule has 3 heterocycles. The minimum atomic E-state index is 0.0513.